The van der Waals surface area contributed by atoms with Gasteiger partial charge in [0, 0.05) is 17.8 Å². The molecular weight excluding hydrogens is 448 g/mol. The van der Waals surface area contributed by atoms with E-state index in [4.69, 9.17) is 0 Å². The number of benzene rings is 1. The number of alkyl halides is 2. The van der Waals surface area contributed by atoms with Crippen molar-refractivity contribution < 1.29 is 28.2 Å². The molecule has 1 aliphatic rings. The van der Waals surface area contributed by atoms with E-state index < -0.39 is 36.4 Å². The van der Waals surface area contributed by atoms with Crippen LogP contribution in [0.1, 0.15) is 39.9 Å². The van der Waals surface area contributed by atoms with Crippen LogP contribution >= 0.6 is 11.3 Å². The third-order valence-electron chi connectivity index (χ3n) is 5.82. The number of aryl methyl sites for hydroxylation is 1. The van der Waals surface area contributed by atoms with Gasteiger partial charge in [0.1, 0.15) is 4.88 Å². The average molecular weight is 478 g/mol. The average Bonchev–Trinajstić information content (AvgIpc) is 3.35. The molecule has 2 aromatic rings. The van der Waals surface area contributed by atoms with Crippen LogP contribution in [-0.2, 0) is 22.4 Å². The van der Waals surface area contributed by atoms with Crippen LogP contribution in [0.5, 0.6) is 0 Å². The normalized spacial score (nSPS) is 19.7. The van der Waals surface area contributed by atoms with Gasteiger partial charge in [-0.15, -0.1) is 11.3 Å². The summed E-state index contributed by atoms with van der Waals surface area (Å²) in [5.41, 5.74) is 1.09. The highest BCUT2D eigenvalue weighted by Crippen LogP contribution is 2.34. The van der Waals surface area contributed by atoms with E-state index >= 15 is 0 Å². The highest BCUT2D eigenvalue weighted by Gasteiger charge is 2.52. The summed E-state index contributed by atoms with van der Waals surface area (Å²) in [5, 5.41) is 10.5. The molecule has 2 heterocycles. The molecule has 1 N–H and O–H groups in total. The number of hydrogen-bond acceptors (Lipinski definition) is 5. The van der Waals surface area contributed by atoms with Crippen LogP contribution in [0, 0.1) is 5.92 Å². The van der Waals surface area contributed by atoms with Crippen molar-refractivity contribution in [2.24, 2.45) is 5.92 Å². The minimum atomic E-state index is -3.41. The quantitative estimate of drug-likeness (QED) is 0.404. The minimum absolute atomic E-state index is 0.0995. The van der Waals surface area contributed by atoms with E-state index in [-0.39, 0.29) is 12.5 Å². The first-order valence-electron chi connectivity index (χ1n) is 11.0. The van der Waals surface area contributed by atoms with Crippen LogP contribution < -0.4 is 0 Å². The monoisotopic (exact) mass is 477 g/mol. The lowest BCUT2D eigenvalue weighted by Crippen LogP contribution is -2.37. The molecule has 5 nitrogen and oxygen atoms in total. The maximum Gasteiger partial charge on any atom is 0.348 e. The molecule has 1 aliphatic heterocycles. The smallest absolute Gasteiger partial charge is 0.348 e. The number of hydrogen-bond donors (Lipinski definition) is 1. The van der Waals surface area contributed by atoms with Gasteiger partial charge in [-0.05, 0) is 42.9 Å². The van der Waals surface area contributed by atoms with Crippen molar-refractivity contribution in [3.8, 4) is 0 Å². The molecule has 1 aromatic carbocycles. The van der Waals surface area contributed by atoms with Gasteiger partial charge in [-0.25, -0.2) is 4.79 Å². The Kier molecular flexibility index (Phi) is 8.37. The number of esters is 1. The number of aliphatic hydroxyl groups excluding tert-OH is 1. The molecule has 0 aliphatic carbocycles. The van der Waals surface area contributed by atoms with Gasteiger partial charge in [-0.2, -0.15) is 8.78 Å². The molecule has 0 saturated carbocycles. The van der Waals surface area contributed by atoms with E-state index in [0.717, 1.165) is 10.4 Å². The Bertz CT molecular complexity index is 976. The maximum absolute atomic E-state index is 14.2. The summed E-state index contributed by atoms with van der Waals surface area (Å²) in [7, 11) is 1.31. The predicted octanol–water partition coefficient (Wildman–Crippen LogP) is 4.50. The molecule has 1 amide bonds. The van der Waals surface area contributed by atoms with E-state index in [1.807, 2.05) is 37.3 Å². The molecule has 1 fully saturated rings. The lowest BCUT2D eigenvalue weighted by atomic mass is 9.95. The third-order valence-corrected chi connectivity index (χ3v) is 6.95. The summed E-state index contributed by atoms with van der Waals surface area (Å²) in [6, 6.07) is 12.5. The van der Waals surface area contributed by atoms with Crippen LogP contribution in [0.25, 0.3) is 0 Å². The number of likely N-dealkylation sites (tertiary alicyclic amines) is 1. The minimum Gasteiger partial charge on any atom is -0.465 e. The summed E-state index contributed by atoms with van der Waals surface area (Å²) < 4.78 is 33.0. The summed E-state index contributed by atoms with van der Waals surface area (Å²) in [6.07, 6.45) is 3.37. The second-order valence-corrected chi connectivity index (χ2v) is 9.55. The molecular formula is C25H29F2NO4S. The Balaban J connectivity index is 1.58. The van der Waals surface area contributed by atoms with Crippen LogP contribution in [-0.4, -0.2) is 53.6 Å². The van der Waals surface area contributed by atoms with Gasteiger partial charge in [-0.3, -0.25) is 4.79 Å². The molecule has 0 radical (unpaired) electrons. The van der Waals surface area contributed by atoms with Crippen LogP contribution in [0.2, 0.25) is 0 Å². The Morgan fingerprint density at radius 3 is 2.73 bits per heavy atom. The van der Waals surface area contributed by atoms with Gasteiger partial charge in [0.05, 0.1) is 19.3 Å². The molecule has 1 aromatic heterocycles. The highest BCUT2D eigenvalue weighted by molar-refractivity contribution is 7.13. The molecule has 0 spiro atoms. The predicted molar refractivity (Wildman–Crippen MR) is 124 cm³/mol. The third kappa shape index (κ3) is 6.48. The number of methoxy groups -OCH3 is 1. The number of amides is 1. The fourth-order valence-corrected chi connectivity index (χ4v) is 4.91. The van der Waals surface area contributed by atoms with Crippen molar-refractivity contribution in [1.29, 1.82) is 0 Å². The molecule has 3 atom stereocenters. The fourth-order valence-electron chi connectivity index (χ4n) is 3.94. The number of rotatable bonds is 10. The topological polar surface area (TPSA) is 66.8 Å². The van der Waals surface area contributed by atoms with Crippen molar-refractivity contribution in [2.75, 3.05) is 13.7 Å². The Hall–Kier alpha value is -2.58. The van der Waals surface area contributed by atoms with E-state index in [0.29, 0.717) is 24.1 Å². The van der Waals surface area contributed by atoms with Crippen LogP contribution in [0.3, 0.4) is 0 Å². The molecule has 33 heavy (non-hydrogen) atoms. The summed E-state index contributed by atoms with van der Waals surface area (Å²) in [5.74, 6) is -5.09. The Morgan fingerprint density at radius 2 is 2.03 bits per heavy atom. The summed E-state index contributed by atoms with van der Waals surface area (Å²) in [4.78, 5) is 26.4. The number of thiophene rings is 1. The molecule has 0 bridgehead atoms. The van der Waals surface area contributed by atoms with Gasteiger partial charge in [0.2, 0.25) is 0 Å². The van der Waals surface area contributed by atoms with Crippen molar-refractivity contribution in [3.63, 3.8) is 0 Å². The van der Waals surface area contributed by atoms with Gasteiger partial charge >= 0.3 is 11.9 Å². The number of halogens is 2. The summed E-state index contributed by atoms with van der Waals surface area (Å²) >= 11 is 1.29. The molecule has 3 rings (SSSR count). The van der Waals surface area contributed by atoms with E-state index in [1.54, 1.807) is 12.1 Å². The standard InChI is InChI=1S/C25H29F2NO4S/c1-17(15-18-7-4-3-5-8-18)21(29)12-10-19-16-25(26,27)24(31)28(19)14-6-9-20-11-13-22(33-20)23(30)32-2/h3-5,7-8,10-13,17,19,21,29H,6,9,14-16H2,1-2H3/b12-10+/t17-,19-,21?/m0/s1. The SMILES string of the molecule is COC(=O)c1ccc(CCCN2C(=O)C(F)(F)C[C@@H]2/C=C/C(O)[C@@H](C)Cc2ccccc2)s1. The van der Waals surface area contributed by atoms with Crippen molar-refractivity contribution in [1.82, 2.24) is 4.90 Å². The van der Waals surface area contributed by atoms with Gasteiger partial charge in [0.15, 0.2) is 0 Å². The lowest BCUT2D eigenvalue weighted by Gasteiger charge is -2.22. The lowest BCUT2D eigenvalue weighted by molar-refractivity contribution is -0.148. The Morgan fingerprint density at radius 1 is 1.30 bits per heavy atom. The van der Waals surface area contributed by atoms with E-state index in [2.05, 4.69) is 4.74 Å². The molecule has 1 unspecified atom stereocenters. The fraction of sp³-hybridized carbons (Fsp3) is 0.440. The second-order valence-electron chi connectivity index (χ2n) is 8.38. The summed E-state index contributed by atoms with van der Waals surface area (Å²) in [6.45, 7) is 2.07. The van der Waals surface area contributed by atoms with Crippen LogP contribution in [0.15, 0.2) is 54.6 Å². The zero-order valence-corrected chi connectivity index (χ0v) is 19.6. The second kappa shape index (κ2) is 11.0. The number of carbonyl (C=O) groups excluding carboxylic acids is 2. The molecule has 178 valence electrons. The maximum atomic E-state index is 14.2. The van der Waals surface area contributed by atoms with Crippen molar-refractivity contribution in [2.45, 2.75) is 50.7 Å². The molecule has 8 heteroatoms. The van der Waals surface area contributed by atoms with Gasteiger partial charge < -0.3 is 14.7 Å². The molecule has 1 saturated heterocycles. The first kappa shape index (κ1) is 25.1. The van der Waals surface area contributed by atoms with Crippen LogP contribution in [0.4, 0.5) is 8.78 Å². The number of aliphatic hydroxyl groups is 1. The highest BCUT2D eigenvalue weighted by atomic mass is 32.1. The van der Waals surface area contributed by atoms with Gasteiger partial charge in [0.25, 0.3) is 5.91 Å². The Labute approximate surface area is 196 Å². The number of nitrogens with zero attached hydrogens (tertiary/aromatic N) is 1. The first-order valence-corrected chi connectivity index (χ1v) is 11.8. The zero-order valence-electron chi connectivity index (χ0n) is 18.7. The largest absolute Gasteiger partial charge is 0.465 e. The number of ether oxygens (including phenoxy) is 1. The van der Waals surface area contributed by atoms with Crippen molar-refractivity contribution >= 4 is 23.2 Å². The van der Waals surface area contributed by atoms with Gasteiger partial charge in [-0.1, -0.05) is 49.4 Å². The van der Waals surface area contributed by atoms with E-state index in [9.17, 15) is 23.5 Å². The van der Waals surface area contributed by atoms with Crippen molar-refractivity contribution in [3.05, 3.63) is 69.9 Å². The number of carbonyl (C=O) groups is 2. The van der Waals surface area contributed by atoms with E-state index in [1.165, 1.54) is 35.5 Å². The zero-order chi connectivity index (χ0) is 24.0. The first-order chi connectivity index (χ1) is 15.7.